The minimum atomic E-state index is -1.01. The summed E-state index contributed by atoms with van der Waals surface area (Å²) in [5, 5.41) is 14.3. The Labute approximate surface area is 110 Å². The Balaban J connectivity index is 4.16. The molecule has 8 heteroatoms. The van der Waals surface area contributed by atoms with Crippen LogP contribution in [0, 0.1) is 11.8 Å². The first-order valence-corrected chi connectivity index (χ1v) is 5.88. The first-order chi connectivity index (χ1) is 8.86. The van der Waals surface area contributed by atoms with Crippen LogP contribution in [0.2, 0.25) is 0 Å². The van der Waals surface area contributed by atoms with Crippen LogP contribution in [0.5, 0.6) is 0 Å². The Bertz CT molecular complexity index is 388. The third kappa shape index (κ3) is 8.62. The molecule has 0 fully saturated rings. The molecule has 0 bridgehead atoms. The lowest BCUT2D eigenvalue weighted by Crippen LogP contribution is -2.32. The van der Waals surface area contributed by atoms with Crippen LogP contribution >= 0.6 is 0 Å². The van der Waals surface area contributed by atoms with Crippen molar-refractivity contribution in [3.05, 3.63) is 10.4 Å². The molecule has 0 aliphatic carbocycles. The zero-order valence-corrected chi connectivity index (χ0v) is 11.0. The van der Waals surface area contributed by atoms with E-state index >= 15 is 0 Å². The predicted octanol–water partition coefficient (Wildman–Crippen LogP) is 1.12. The predicted molar refractivity (Wildman–Crippen MR) is 67.2 cm³/mol. The standard InChI is InChI=1S/C11H18N4O4/c1-7(2)3-8(11(18)19)4-9(16)5-13-10(17)6-14-15-12/h7-8H,3-6H2,1-2H3,(H,13,17)(H,18,19). The van der Waals surface area contributed by atoms with Gasteiger partial charge >= 0.3 is 5.97 Å². The highest BCUT2D eigenvalue weighted by Crippen LogP contribution is 2.15. The molecule has 0 aliphatic rings. The van der Waals surface area contributed by atoms with E-state index in [9.17, 15) is 14.4 Å². The molecule has 0 heterocycles. The Morgan fingerprint density at radius 1 is 1.37 bits per heavy atom. The Morgan fingerprint density at radius 3 is 2.47 bits per heavy atom. The summed E-state index contributed by atoms with van der Waals surface area (Å²) in [6.07, 6.45) is 0.295. The van der Waals surface area contributed by atoms with Gasteiger partial charge in [-0.1, -0.05) is 19.0 Å². The third-order valence-corrected chi connectivity index (χ3v) is 2.34. The minimum absolute atomic E-state index is 0.116. The van der Waals surface area contributed by atoms with Gasteiger partial charge in [-0.3, -0.25) is 14.4 Å². The molecule has 19 heavy (non-hydrogen) atoms. The van der Waals surface area contributed by atoms with Crippen LogP contribution < -0.4 is 5.32 Å². The summed E-state index contributed by atoms with van der Waals surface area (Å²) in [6, 6.07) is 0. The first kappa shape index (κ1) is 16.9. The SMILES string of the molecule is CC(C)CC(CC(=O)CNC(=O)CN=[N+]=[N-])C(=O)O. The van der Waals surface area contributed by atoms with Crippen LogP contribution in [-0.4, -0.2) is 35.9 Å². The number of azide groups is 1. The van der Waals surface area contributed by atoms with Gasteiger partial charge < -0.3 is 10.4 Å². The average molecular weight is 270 g/mol. The van der Waals surface area contributed by atoms with Gasteiger partial charge in [0.15, 0.2) is 5.78 Å². The van der Waals surface area contributed by atoms with E-state index in [4.69, 9.17) is 10.6 Å². The van der Waals surface area contributed by atoms with E-state index in [1.165, 1.54) is 0 Å². The zero-order chi connectivity index (χ0) is 14.8. The molecule has 0 aromatic carbocycles. The topological polar surface area (TPSA) is 132 Å². The number of carbonyl (C=O) groups is 3. The number of carboxylic acids is 1. The lowest BCUT2D eigenvalue weighted by Gasteiger charge is -2.13. The normalized spacial score (nSPS) is 11.5. The summed E-state index contributed by atoms with van der Waals surface area (Å²) in [5.41, 5.74) is 8.00. The van der Waals surface area contributed by atoms with Gasteiger partial charge in [-0.2, -0.15) is 0 Å². The van der Waals surface area contributed by atoms with Gasteiger partial charge in [-0.15, -0.1) is 0 Å². The van der Waals surface area contributed by atoms with Gasteiger partial charge in [-0.25, -0.2) is 0 Å². The number of aliphatic carboxylic acids is 1. The molecule has 0 rings (SSSR count). The third-order valence-electron chi connectivity index (χ3n) is 2.34. The zero-order valence-electron chi connectivity index (χ0n) is 11.0. The van der Waals surface area contributed by atoms with Crippen molar-refractivity contribution in [3.8, 4) is 0 Å². The molecule has 8 nitrogen and oxygen atoms in total. The molecular formula is C11H18N4O4. The van der Waals surface area contributed by atoms with Crippen molar-refractivity contribution in [2.75, 3.05) is 13.1 Å². The summed E-state index contributed by atoms with van der Waals surface area (Å²) < 4.78 is 0. The maximum absolute atomic E-state index is 11.5. The summed E-state index contributed by atoms with van der Waals surface area (Å²) in [5.74, 6) is -2.50. The minimum Gasteiger partial charge on any atom is -0.481 e. The molecule has 0 spiro atoms. The second-order valence-electron chi connectivity index (χ2n) is 4.57. The number of amides is 1. The average Bonchev–Trinajstić information content (AvgIpc) is 2.32. The largest absolute Gasteiger partial charge is 0.481 e. The van der Waals surface area contributed by atoms with Crippen molar-refractivity contribution in [1.82, 2.24) is 5.32 Å². The number of carboxylic acid groups (broad SMARTS) is 1. The molecule has 0 saturated carbocycles. The Morgan fingerprint density at radius 2 is 2.00 bits per heavy atom. The molecule has 0 aromatic heterocycles. The monoisotopic (exact) mass is 270 g/mol. The van der Waals surface area contributed by atoms with Crippen LogP contribution in [0.4, 0.5) is 0 Å². The number of hydrogen-bond donors (Lipinski definition) is 2. The number of nitrogens with zero attached hydrogens (tertiary/aromatic N) is 3. The molecular weight excluding hydrogens is 252 g/mol. The van der Waals surface area contributed by atoms with Crippen LogP contribution in [0.1, 0.15) is 26.7 Å². The van der Waals surface area contributed by atoms with E-state index in [2.05, 4.69) is 15.3 Å². The van der Waals surface area contributed by atoms with Gasteiger partial charge in [0.05, 0.1) is 12.5 Å². The highest BCUT2D eigenvalue weighted by atomic mass is 16.4. The number of hydrogen-bond acceptors (Lipinski definition) is 4. The Kier molecular flexibility index (Phi) is 7.95. The molecule has 1 amide bonds. The summed E-state index contributed by atoms with van der Waals surface area (Å²) in [4.78, 5) is 36.0. The van der Waals surface area contributed by atoms with Crippen molar-refractivity contribution in [2.24, 2.45) is 17.0 Å². The van der Waals surface area contributed by atoms with E-state index < -0.39 is 17.8 Å². The summed E-state index contributed by atoms with van der Waals surface area (Å²) in [6.45, 7) is 3.13. The van der Waals surface area contributed by atoms with Crippen LogP contribution in [0.3, 0.4) is 0 Å². The lowest BCUT2D eigenvalue weighted by atomic mass is 9.92. The Hall–Kier alpha value is -2.08. The van der Waals surface area contributed by atoms with Gasteiger partial charge in [0, 0.05) is 11.3 Å². The van der Waals surface area contributed by atoms with Crippen molar-refractivity contribution < 1.29 is 19.5 Å². The molecule has 2 N–H and O–H groups in total. The smallest absolute Gasteiger partial charge is 0.306 e. The second-order valence-corrected chi connectivity index (χ2v) is 4.57. The molecule has 106 valence electrons. The van der Waals surface area contributed by atoms with E-state index in [0.29, 0.717) is 6.42 Å². The fourth-order valence-corrected chi connectivity index (χ4v) is 1.54. The van der Waals surface area contributed by atoms with Crippen molar-refractivity contribution >= 4 is 17.7 Å². The summed E-state index contributed by atoms with van der Waals surface area (Å²) >= 11 is 0. The van der Waals surface area contributed by atoms with Gasteiger partial charge in [0.1, 0.15) is 6.54 Å². The lowest BCUT2D eigenvalue weighted by molar-refractivity contribution is -0.144. The number of nitrogens with one attached hydrogen (secondary N) is 1. The molecule has 0 saturated heterocycles. The number of ketones is 1. The van der Waals surface area contributed by atoms with E-state index in [0.717, 1.165) is 0 Å². The highest BCUT2D eigenvalue weighted by molar-refractivity contribution is 5.89. The number of carbonyl (C=O) groups excluding carboxylic acids is 2. The van der Waals surface area contributed by atoms with E-state index in [1.54, 1.807) is 0 Å². The maximum Gasteiger partial charge on any atom is 0.306 e. The maximum atomic E-state index is 11.5. The first-order valence-electron chi connectivity index (χ1n) is 5.88. The number of rotatable bonds is 9. The van der Waals surface area contributed by atoms with E-state index in [-0.39, 0.29) is 31.2 Å². The van der Waals surface area contributed by atoms with Crippen molar-refractivity contribution in [3.63, 3.8) is 0 Å². The van der Waals surface area contributed by atoms with Crippen LogP contribution in [0.25, 0.3) is 10.4 Å². The summed E-state index contributed by atoms with van der Waals surface area (Å²) in [7, 11) is 0. The van der Waals surface area contributed by atoms with Crippen molar-refractivity contribution in [1.29, 1.82) is 0 Å². The van der Waals surface area contributed by atoms with Gasteiger partial charge in [-0.05, 0) is 17.9 Å². The number of Topliss-reactive ketones (excluding diaryl/α,β-unsaturated/α-hetero) is 1. The fraction of sp³-hybridized carbons (Fsp3) is 0.727. The molecule has 0 radical (unpaired) electrons. The fourth-order valence-electron chi connectivity index (χ4n) is 1.54. The van der Waals surface area contributed by atoms with Gasteiger partial charge in [0.25, 0.3) is 0 Å². The molecule has 0 aromatic rings. The van der Waals surface area contributed by atoms with E-state index in [1.807, 2.05) is 13.8 Å². The molecule has 1 atom stereocenters. The molecule has 0 aliphatic heterocycles. The van der Waals surface area contributed by atoms with Crippen LogP contribution in [-0.2, 0) is 14.4 Å². The van der Waals surface area contributed by atoms with Crippen LogP contribution in [0.15, 0.2) is 5.11 Å². The quantitative estimate of drug-likeness (QED) is 0.369. The molecule has 1 unspecified atom stereocenters. The van der Waals surface area contributed by atoms with Crippen molar-refractivity contribution in [2.45, 2.75) is 26.7 Å². The van der Waals surface area contributed by atoms with Gasteiger partial charge in [0.2, 0.25) is 5.91 Å². The second kappa shape index (κ2) is 8.93. The highest BCUT2D eigenvalue weighted by Gasteiger charge is 2.22.